The third-order valence-electron chi connectivity index (χ3n) is 2.74. The number of hydrogen-bond acceptors (Lipinski definition) is 3. The molecule has 18 heavy (non-hydrogen) atoms. The summed E-state index contributed by atoms with van der Waals surface area (Å²) >= 11 is 3.47. The molecule has 1 aromatic heterocycles. The molecule has 1 N–H and O–H groups in total. The minimum absolute atomic E-state index is 0.0848. The van der Waals surface area contributed by atoms with Crippen LogP contribution in [0.4, 0.5) is 0 Å². The van der Waals surface area contributed by atoms with E-state index in [2.05, 4.69) is 21.0 Å². The highest BCUT2D eigenvalue weighted by Crippen LogP contribution is 2.32. The van der Waals surface area contributed by atoms with Gasteiger partial charge >= 0.3 is 0 Å². The molecule has 0 aliphatic rings. The molecule has 4 nitrogen and oxygen atoms in total. The molecule has 2 aromatic rings. The van der Waals surface area contributed by atoms with Gasteiger partial charge in [0.15, 0.2) is 0 Å². The van der Waals surface area contributed by atoms with Gasteiger partial charge in [-0.25, -0.2) is 4.68 Å². The third-order valence-corrected chi connectivity index (χ3v) is 3.36. The lowest BCUT2D eigenvalue weighted by Crippen LogP contribution is -1.97. The predicted molar refractivity (Wildman–Crippen MR) is 72.8 cm³/mol. The fourth-order valence-electron chi connectivity index (χ4n) is 1.78. The first-order valence-electron chi connectivity index (χ1n) is 5.60. The van der Waals surface area contributed by atoms with Crippen molar-refractivity contribution in [1.29, 1.82) is 0 Å². The first-order valence-corrected chi connectivity index (χ1v) is 6.39. The molecule has 0 aliphatic heterocycles. The van der Waals surface area contributed by atoms with Gasteiger partial charge in [0.2, 0.25) is 5.88 Å². The quantitative estimate of drug-likeness (QED) is 0.947. The Balaban J connectivity index is 2.39. The Bertz CT molecular complexity index is 579. The number of ether oxygens (including phenoxy) is 1. The van der Waals surface area contributed by atoms with Crippen LogP contribution in [-0.4, -0.2) is 14.9 Å². The van der Waals surface area contributed by atoms with Crippen LogP contribution in [0.3, 0.4) is 0 Å². The number of nitrogens with zero attached hydrogens (tertiary/aromatic N) is 2. The smallest absolute Gasteiger partial charge is 0.223 e. The largest absolute Gasteiger partial charge is 0.438 e. The highest BCUT2D eigenvalue weighted by molar-refractivity contribution is 9.10. The van der Waals surface area contributed by atoms with Gasteiger partial charge in [0, 0.05) is 7.05 Å². The first kappa shape index (κ1) is 13.1. The van der Waals surface area contributed by atoms with Crippen molar-refractivity contribution in [2.24, 2.45) is 7.05 Å². The molecule has 0 amide bonds. The van der Waals surface area contributed by atoms with Crippen LogP contribution in [0.15, 0.2) is 22.7 Å². The average molecular weight is 311 g/mol. The lowest BCUT2D eigenvalue weighted by molar-refractivity contribution is 0.274. The fourth-order valence-corrected chi connectivity index (χ4v) is 2.36. The summed E-state index contributed by atoms with van der Waals surface area (Å²) in [6.07, 6.45) is 0. The molecule has 0 aliphatic carbocycles. The van der Waals surface area contributed by atoms with Crippen molar-refractivity contribution >= 4 is 15.9 Å². The van der Waals surface area contributed by atoms with E-state index in [1.165, 1.54) is 0 Å². The summed E-state index contributed by atoms with van der Waals surface area (Å²) in [6.45, 7) is 3.78. The molecule has 0 saturated carbocycles. The summed E-state index contributed by atoms with van der Waals surface area (Å²) in [5.74, 6) is 1.28. The van der Waals surface area contributed by atoms with Crippen molar-refractivity contribution in [2.45, 2.75) is 20.5 Å². The van der Waals surface area contributed by atoms with Gasteiger partial charge in [0.1, 0.15) is 5.75 Å². The number of aliphatic hydroxyl groups excluding tert-OH is 1. The second-order valence-electron chi connectivity index (χ2n) is 4.19. The van der Waals surface area contributed by atoms with Crippen molar-refractivity contribution in [3.05, 3.63) is 39.5 Å². The molecule has 1 aromatic carbocycles. The normalized spacial score (nSPS) is 10.7. The van der Waals surface area contributed by atoms with Crippen LogP contribution in [0.1, 0.15) is 16.8 Å². The molecule has 0 saturated heterocycles. The van der Waals surface area contributed by atoms with Crippen molar-refractivity contribution in [2.75, 3.05) is 0 Å². The molecule has 0 spiro atoms. The summed E-state index contributed by atoms with van der Waals surface area (Å²) < 4.78 is 8.34. The minimum atomic E-state index is -0.0848. The number of aryl methyl sites for hydroxylation is 3. The van der Waals surface area contributed by atoms with Crippen molar-refractivity contribution < 1.29 is 9.84 Å². The molecule has 0 radical (unpaired) electrons. The van der Waals surface area contributed by atoms with Gasteiger partial charge in [-0.05, 0) is 47.5 Å². The van der Waals surface area contributed by atoms with E-state index in [0.29, 0.717) is 17.2 Å². The zero-order valence-corrected chi connectivity index (χ0v) is 12.2. The number of rotatable bonds is 3. The van der Waals surface area contributed by atoms with Gasteiger partial charge in [0.25, 0.3) is 0 Å². The SMILES string of the molecule is Cc1ccc(Oc2c(CO)c(C)nn2C)c(Br)c1. The molecular weight excluding hydrogens is 296 g/mol. The van der Waals surface area contributed by atoms with Gasteiger partial charge in [-0.1, -0.05) is 6.07 Å². The van der Waals surface area contributed by atoms with Gasteiger partial charge in [-0.15, -0.1) is 0 Å². The monoisotopic (exact) mass is 310 g/mol. The highest BCUT2D eigenvalue weighted by atomic mass is 79.9. The molecule has 2 rings (SSSR count). The van der Waals surface area contributed by atoms with Crippen LogP contribution in [-0.2, 0) is 13.7 Å². The zero-order chi connectivity index (χ0) is 13.3. The van der Waals surface area contributed by atoms with E-state index < -0.39 is 0 Å². The third kappa shape index (κ3) is 2.42. The van der Waals surface area contributed by atoms with Crippen LogP contribution < -0.4 is 4.74 Å². The Labute approximate surface area is 114 Å². The summed E-state index contributed by atoms with van der Waals surface area (Å²) in [4.78, 5) is 0. The predicted octanol–water partition coefficient (Wildman–Crippen LogP) is 3.08. The highest BCUT2D eigenvalue weighted by Gasteiger charge is 2.15. The van der Waals surface area contributed by atoms with Crippen LogP contribution in [0, 0.1) is 13.8 Å². The van der Waals surface area contributed by atoms with Crippen molar-refractivity contribution in [3.8, 4) is 11.6 Å². The lowest BCUT2D eigenvalue weighted by Gasteiger charge is -2.09. The lowest BCUT2D eigenvalue weighted by atomic mass is 10.2. The molecule has 0 bridgehead atoms. The van der Waals surface area contributed by atoms with E-state index in [1.54, 1.807) is 11.7 Å². The Morgan fingerprint density at radius 2 is 2.11 bits per heavy atom. The molecular formula is C13H15BrN2O2. The second-order valence-corrected chi connectivity index (χ2v) is 5.04. The number of benzene rings is 1. The number of hydrogen-bond donors (Lipinski definition) is 1. The van der Waals surface area contributed by atoms with E-state index in [1.807, 2.05) is 32.0 Å². The van der Waals surface area contributed by atoms with E-state index in [4.69, 9.17) is 4.74 Å². The summed E-state index contributed by atoms with van der Waals surface area (Å²) in [6, 6.07) is 5.85. The summed E-state index contributed by atoms with van der Waals surface area (Å²) in [5.41, 5.74) is 2.64. The number of halogens is 1. The Kier molecular flexibility index (Phi) is 3.73. The number of aromatic nitrogens is 2. The van der Waals surface area contributed by atoms with Crippen LogP contribution in [0.2, 0.25) is 0 Å². The van der Waals surface area contributed by atoms with Crippen molar-refractivity contribution in [1.82, 2.24) is 9.78 Å². The molecule has 0 atom stereocenters. The average Bonchev–Trinajstić information content (AvgIpc) is 2.57. The second kappa shape index (κ2) is 5.12. The molecule has 0 fully saturated rings. The summed E-state index contributed by atoms with van der Waals surface area (Å²) in [5, 5.41) is 13.6. The van der Waals surface area contributed by atoms with Crippen molar-refractivity contribution in [3.63, 3.8) is 0 Å². The van der Waals surface area contributed by atoms with Crippen LogP contribution in [0.5, 0.6) is 11.6 Å². The van der Waals surface area contributed by atoms with E-state index >= 15 is 0 Å². The maximum atomic E-state index is 9.36. The molecule has 1 heterocycles. The Morgan fingerprint density at radius 1 is 1.39 bits per heavy atom. The minimum Gasteiger partial charge on any atom is -0.438 e. The van der Waals surface area contributed by atoms with Gasteiger partial charge in [0.05, 0.1) is 22.3 Å². The van der Waals surface area contributed by atoms with E-state index in [-0.39, 0.29) is 6.61 Å². The van der Waals surface area contributed by atoms with Crippen LogP contribution >= 0.6 is 15.9 Å². The fraction of sp³-hybridized carbons (Fsp3) is 0.308. The molecule has 96 valence electrons. The summed E-state index contributed by atoms with van der Waals surface area (Å²) in [7, 11) is 1.80. The Hall–Kier alpha value is -1.33. The number of aliphatic hydroxyl groups is 1. The maximum Gasteiger partial charge on any atom is 0.223 e. The van der Waals surface area contributed by atoms with Gasteiger partial charge in [-0.3, -0.25) is 0 Å². The van der Waals surface area contributed by atoms with E-state index in [0.717, 1.165) is 15.7 Å². The topological polar surface area (TPSA) is 47.3 Å². The standard InChI is InChI=1S/C13H15BrN2O2/c1-8-4-5-12(11(14)6-8)18-13-10(7-17)9(2)15-16(13)3/h4-6,17H,7H2,1-3H3. The van der Waals surface area contributed by atoms with Gasteiger partial charge in [-0.2, -0.15) is 5.10 Å². The maximum absolute atomic E-state index is 9.36. The molecule has 5 heteroatoms. The Morgan fingerprint density at radius 3 is 2.72 bits per heavy atom. The molecule has 0 unspecified atom stereocenters. The van der Waals surface area contributed by atoms with Crippen LogP contribution in [0.25, 0.3) is 0 Å². The first-order chi connectivity index (χ1) is 8.52. The van der Waals surface area contributed by atoms with Gasteiger partial charge < -0.3 is 9.84 Å². The zero-order valence-electron chi connectivity index (χ0n) is 10.6. The van der Waals surface area contributed by atoms with E-state index in [9.17, 15) is 5.11 Å².